The van der Waals surface area contributed by atoms with Crippen LogP contribution in [-0.2, 0) is 6.54 Å². The van der Waals surface area contributed by atoms with Crippen molar-refractivity contribution in [3.05, 3.63) is 95.0 Å². The Labute approximate surface area is 140 Å². The molecule has 3 aromatic carbocycles. The van der Waals surface area contributed by atoms with Gasteiger partial charge in [-0.15, -0.1) is 0 Å². The highest BCUT2D eigenvalue weighted by molar-refractivity contribution is 6.30. The van der Waals surface area contributed by atoms with Crippen LogP contribution in [0.25, 0.3) is 11.1 Å². The molecule has 0 saturated carbocycles. The molecule has 114 valence electrons. The van der Waals surface area contributed by atoms with Crippen molar-refractivity contribution in [3.8, 4) is 11.1 Å². The minimum Gasteiger partial charge on any atom is -0.348 e. The van der Waals surface area contributed by atoms with E-state index in [1.165, 1.54) is 0 Å². The van der Waals surface area contributed by atoms with Gasteiger partial charge in [0.15, 0.2) is 0 Å². The fourth-order valence-corrected chi connectivity index (χ4v) is 2.63. The molecule has 1 N–H and O–H groups in total. The topological polar surface area (TPSA) is 29.1 Å². The fraction of sp³-hybridized carbons (Fsp3) is 0.0500. The molecule has 0 aromatic heterocycles. The van der Waals surface area contributed by atoms with Crippen molar-refractivity contribution in [1.82, 2.24) is 5.32 Å². The van der Waals surface area contributed by atoms with Crippen molar-refractivity contribution in [2.24, 2.45) is 0 Å². The van der Waals surface area contributed by atoms with Gasteiger partial charge in [-0.1, -0.05) is 66.2 Å². The zero-order valence-corrected chi connectivity index (χ0v) is 13.3. The summed E-state index contributed by atoms with van der Waals surface area (Å²) in [4.78, 5) is 12.2. The second-order valence-corrected chi connectivity index (χ2v) is 5.65. The fourth-order valence-electron chi connectivity index (χ4n) is 2.46. The predicted octanol–water partition coefficient (Wildman–Crippen LogP) is 4.94. The largest absolute Gasteiger partial charge is 0.348 e. The summed E-state index contributed by atoms with van der Waals surface area (Å²) in [6, 6.07) is 25.0. The molecule has 0 heterocycles. The average Bonchev–Trinajstić information content (AvgIpc) is 2.62. The van der Waals surface area contributed by atoms with E-state index in [2.05, 4.69) is 5.32 Å². The molecule has 0 radical (unpaired) electrons. The Kier molecular flexibility index (Phi) is 4.74. The lowest BCUT2D eigenvalue weighted by Gasteiger charge is -2.12. The minimum absolute atomic E-state index is 0.0837. The van der Waals surface area contributed by atoms with Crippen molar-refractivity contribution in [3.63, 3.8) is 0 Å². The summed E-state index contributed by atoms with van der Waals surface area (Å²) in [5.41, 5.74) is 3.80. The highest BCUT2D eigenvalue weighted by Gasteiger charge is 2.09. The molecule has 0 aliphatic heterocycles. The molecule has 1 amide bonds. The van der Waals surface area contributed by atoms with Gasteiger partial charge in [-0.2, -0.15) is 0 Å². The number of halogens is 1. The van der Waals surface area contributed by atoms with E-state index < -0.39 is 0 Å². The van der Waals surface area contributed by atoms with E-state index in [4.69, 9.17) is 11.6 Å². The van der Waals surface area contributed by atoms with E-state index in [0.717, 1.165) is 16.7 Å². The Hall–Kier alpha value is -2.58. The molecular weight excluding hydrogens is 306 g/mol. The van der Waals surface area contributed by atoms with Gasteiger partial charge in [0.1, 0.15) is 0 Å². The van der Waals surface area contributed by atoms with Crippen LogP contribution in [0.2, 0.25) is 5.02 Å². The Morgan fingerprint density at radius 2 is 1.52 bits per heavy atom. The van der Waals surface area contributed by atoms with Gasteiger partial charge in [-0.25, -0.2) is 0 Å². The molecule has 0 aliphatic carbocycles. The van der Waals surface area contributed by atoms with Crippen molar-refractivity contribution in [2.45, 2.75) is 6.54 Å². The number of carbonyl (C=O) groups excluding carboxylic acids is 1. The Morgan fingerprint density at radius 1 is 0.870 bits per heavy atom. The van der Waals surface area contributed by atoms with Gasteiger partial charge in [-0.05, 0) is 41.0 Å². The molecule has 0 atom stereocenters. The quantitative estimate of drug-likeness (QED) is 0.724. The van der Waals surface area contributed by atoms with Gasteiger partial charge in [0.05, 0.1) is 0 Å². The molecule has 0 fully saturated rings. The van der Waals surface area contributed by atoms with Gasteiger partial charge in [0.25, 0.3) is 5.91 Å². The third kappa shape index (κ3) is 3.79. The molecule has 0 unspecified atom stereocenters. The van der Waals surface area contributed by atoms with Crippen molar-refractivity contribution < 1.29 is 4.79 Å². The molecule has 0 bridgehead atoms. The summed E-state index contributed by atoms with van der Waals surface area (Å²) in [6.45, 7) is 0.453. The molecule has 23 heavy (non-hydrogen) atoms. The summed E-state index contributed by atoms with van der Waals surface area (Å²) < 4.78 is 0. The first-order valence-electron chi connectivity index (χ1n) is 7.41. The van der Waals surface area contributed by atoms with Crippen LogP contribution in [0.1, 0.15) is 15.9 Å². The van der Waals surface area contributed by atoms with E-state index in [1.54, 1.807) is 12.1 Å². The highest BCUT2D eigenvalue weighted by Crippen LogP contribution is 2.27. The third-order valence-electron chi connectivity index (χ3n) is 3.63. The van der Waals surface area contributed by atoms with Crippen LogP contribution in [0.5, 0.6) is 0 Å². The summed E-state index contributed by atoms with van der Waals surface area (Å²) in [5, 5.41) is 3.65. The van der Waals surface area contributed by atoms with Crippen molar-refractivity contribution in [1.29, 1.82) is 0 Å². The number of hydrogen-bond acceptors (Lipinski definition) is 1. The highest BCUT2D eigenvalue weighted by atomic mass is 35.5. The van der Waals surface area contributed by atoms with Gasteiger partial charge < -0.3 is 5.32 Å². The Bertz CT molecular complexity index is 800. The Morgan fingerprint density at radius 3 is 2.22 bits per heavy atom. The van der Waals surface area contributed by atoms with Crippen LogP contribution < -0.4 is 5.32 Å². The summed E-state index contributed by atoms with van der Waals surface area (Å²) in [7, 11) is 0. The zero-order chi connectivity index (χ0) is 16.1. The van der Waals surface area contributed by atoms with E-state index in [-0.39, 0.29) is 5.91 Å². The lowest BCUT2D eigenvalue weighted by Crippen LogP contribution is -2.23. The monoisotopic (exact) mass is 321 g/mol. The first-order valence-corrected chi connectivity index (χ1v) is 7.79. The standard InChI is InChI=1S/C20H16ClNO/c21-18-12-11-17(19(13-18)15-7-3-1-4-8-15)14-22-20(23)16-9-5-2-6-10-16/h1-13H,14H2,(H,22,23). The summed E-state index contributed by atoms with van der Waals surface area (Å²) in [5.74, 6) is -0.0837. The Balaban J connectivity index is 1.82. The van der Waals surface area contributed by atoms with Crippen LogP contribution in [0.15, 0.2) is 78.9 Å². The second-order valence-electron chi connectivity index (χ2n) is 5.22. The average molecular weight is 322 g/mol. The molecule has 2 nitrogen and oxygen atoms in total. The lowest BCUT2D eigenvalue weighted by atomic mass is 9.99. The smallest absolute Gasteiger partial charge is 0.251 e. The number of carbonyl (C=O) groups is 1. The van der Waals surface area contributed by atoms with Gasteiger partial charge in [0, 0.05) is 17.1 Å². The minimum atomic E-state index is -0.0837. The molecule has 0 spiro atoms. The molecule has 3 rings (SSSR count). The van der Waals surface area contributed by atoms with Crippen LogP contribution in [0, 0.1) is 0 Å². The molecule has 3 heteroatoms. The lowest BCUT2D eigenvalue weighted by molar-refractivity contribution is 0.0951. The number of rotatable bonds is 4. The van der Waals surface area contributed by atoms with E-state index in [9.17, 15) is 4.79 Å². The first kappa shape index (κ1) is 15.3. The van der Waals surface area contributed by atoms with Crippen molar-refractivity contribution >= 4 is 17.5 Å². The van der Waals surface area contributed by atoms with Crippen molar-refractivity contribution in [2.75, 3.05) is 0 Å². The van der Waals surface area contributed by atoms with Gasteiger partial charge >= 0.3 is 0 Å². The maximum absolute atomic E-state index is 12.2. The maximum atomic E-state index is 12.2. The van der Waals surface area contributed by atoms with Gasteiger partial charge in [0.2, 0.25) is 0 Å². The van der Waals surface area contributed by atoms with Gasteiger partial charge in [-0.3, -0.25) is 4.79 Å². The number of hydrogen-bond donors (Lipinski definition) is 1. The molecule has 3 aromatic rings. The SMILES string of the molecule is O=C(NCc1ccc(Cl)cc1-c1ccccc1)c1ccccc1. The summed E-state index contributed by atoms with van der Waals surface area (Å²) in [6.07, 6.45) is 0. The third-order valence-corrected chi connectivity index (χ3v) is 3.87. The van der Waals surface area contributed by atoms with Crippen LogP contribution in [0.4, 0.5) is 0 Å². The maximum Gasteiger partial charge on any atom is 0.251 e. The second kappa shape index (κ2) is 7.12. The van der Waals surface area contributed by atoms with E-state index >= 15 is 0 Å². The zero-order valence-electron chi connectivity index (χ0n) is 12.5. The number of nitrogens with one attached hydrogen (secondary N) is 1. The molecule has 0 saturated heterocycles. The normalized spacial score (nSPS) is 10.3. The van der Waals surface area contributed by atoms with Crippen LogP contribution >= 0.6 is 11.6 Å². The first-order chi connectivity index (χ1) is 11.2. The molecular formula is C20H16ClNO. The predicted molar refractivity (Wildman–Crippen MR) is 94.5 cm³/mol. The number of amides is 1. The molecule has 0 aliphatic rings. The van der Waals surface area contributed by atoms with E-state index in [0.29, 0.717) is 17.1 Å². The van der Waals surface area contributed by atoms with E-state index in [1.807, 2.05) is 66.7 Å². The summed E-state index contributed by atoms with van der Waals surface area (Å²) >= 11 is 6.14. The number of benzene rings is 3. The van der Waals surface area contributed by atoms with Crippen LogP contribution in [-0.4, -0.2) is 5.91 Å². The van der Waals surface area contributed by atoms with Crippen LogP contribution in [0.3, 0.4) is 0 Å².